The Kier molecular flexibility index (Phi) is 4.14. The van der Waals surface area contributed by atoms with Gasteiger partial charge in [0.2, 0.25) is 0 Å². The van der Waals surface area contributed by atoms with Crippen LogP contribution in [0.1, 0.15) is 15.2 Å². The highest BCUT2D eigenvalue weighted by atomic mass is 35.5. The molecular formula is C15H11ClFN3O2S. The molecule has 0 saturated heterocycles. The normalized spacial score (nSPS) is 10.8. The molecular weight excluding hydrogens is 341 g/mol. The number of benzene rings is 1. The van der Waals surface area contributed by atoms with E-state index in [9.17, 15) is 9.18 Å². The lowest BCUT2D eigenvalue weighted by Crippen LogP contribution is -2.00. The van der Waals surface area contributed by atoms with Gasteiger partial charge < -0.3 is 10.1 Å². The maximum absolute atomic E-state index is 13.3. The van der Waals surface area contributed by atoms with E-state index in [2.05, 4.69) is 15.3 Å². The molecule has 2 heterocycles. The molecule has 0 amide bonds. The third-order valence-electron chi connectivity index (χ3n) is 3.28. The van der Waals surface area contributed by atoms with Crippen LogP contribution in [0.2, 0.25) is 5.02 Å². The minimum atomic E-state index is -0.496. The van der Waals surface area contributed by atoms with Crippen LogP contribution < -0.4 is 5.32 Å². The lowest BCUT2D eigenvalue weighted by Gasteiger charge is -2.08. The van der Waals surface area contributed by atoms with Crippen molar-refractivity contribution in [3.8, 4) is 0 Å². The summed E-state index contributed by atoms with van der Waals surface area (Å²) in [5, 5.41) is 3.81. The third kappa shape index (κ3) is 2.85. The van der Waals surface area contributed by atoms with E-state index in [4.69, 9.17) is 16.3 Å². The first-order chi connectivity index (χ1) is 11.0. The summed E-state index contributed by atoms with van der Waals surface area (Å²) in [6.45, 7) is 1.80. The van der Waals surface area contributed by atoms with E-state index in [0.29, 0.717) is 21.2 Å². The molecule has 1 N–H and O–H groups in total. The number of anilines is 2. The average molecular weight is 352 g/mol. The van der Waals surface area contributed by atoms with E-state index >= 15 is 0 Å². The molecule has 0 unspecified atom stereocenters. The second-order valence-electron chi connectivity index (χ2n) is 4.70. The van der Waals surface area contributed by atoms with E-state index in [0.717, 1.165) is 10.9 Å². The number of aromatic nitrogens is 2. The zero-order valence-electron chi connectivity index (χ0n) is 12.2. The Morgan fingerprint density at radius 1 is 1.39 bits per heavy atom. The number of ether oxygens (including phenoxy) is 1. The summed E-state index contributed by atoms with van der Waals surface area (Å²) >= 11 is 7.02. The average Bonchev–Trinajstić information content (AvgIpc) is 2.88. The Labute approximate surface area is 140 Å². The molecule has 118 valence electrons. The van der Waals surface area contributed by atoms with Crippen molar-refractivity contribution in [3.63, 3.8) is 0 Å². The quantitative estimate of drug-likeness (QED) is 0.712. The van der Waals surface area contributed by atoms with Crippen molar-refractivity contribution >= 4 is 50.6 Å². The summed E-state index contributed by atoms with van der Waals surface area (Å²) in [5.74, 6) is -0.396. The number of fused-ring (bicyclic) bond motifs is 1. The number of aryl methyl sites for hydroxylation is 1. The van der Waals surface area contributed by atoms with Crippen molar-refractivity contribution in [2.75, 3.05) is 12.4 Å². The van der Waals surface area contributed by atoms with Crippen molar-refractivity contribution < 1.29 is 13.9 Å². The van der Waals surface area contributed by atoms with Crippen LogP contribution in [0.15, 0.2) is 24.5 Å². The molecule has 0 radical (unpaired) electrons. The zero-order valence-corrected chi connectivity index (χ0v) is 13.8. The molecule has 0 fully saturated rings. The summed E-state index contributed by atoms with van der Waals surface area (Å²) in [6.07, 6.45) is 1.40. The summed E-state index contributed by atoms with van der Waals surface area (Å²) in [6, 6.07) is 4.29. The van der Waals surface area contributed by atoms with Crippen LogP contribution in [0.25, 0.3) is 10.2 Å². The number of thiophene rings is 1. The number of nitrogens with zero attached hydrogens (tertiary/aromatic N) is 2. The number of carbonyl (C=O) groups excluding carboxylic acids is 1. The number of methoxy groups -OCH3 is 1. The molecule has 2 aromatic heterocycles. The molecule has 23 heavy (non-hydrogen) atoms. The van der Waals surface area contributed by atoms with Crippen molar-refractivity contribution in [1.29, 1.82) is 0 Å². The lowest BCUT2D eigenvalue weighted by atomic mass is 10.2. The molecule has 0 saturated carbocycles. The lowest BCUT2D eigenvalue weighted by molar-refractivity contribution is 0.0605. The van der Waals surface area contributed by atoms with Gasteiger partial charge in [0.15, 0.2) is 0 Å². The SMILES string of the molecule is COC(=O)c1sc2ncnc(Nc3ccc(F)c(Cl)c3)c2c1C. The van der Waals surface area contributed by atoms with Gasteiger partial charge in [0.25, 0.3) is 0 Å². The minimum Gasteiger partial charge on any atom is -0.465 e. The van der Waals surface area contributed by atoms with Crippen molar-refractivity contribution in [3.05, 3.63) is 45.8 Å². The topological polar surface area (TPSA) is 64.1 Å². The second kappa shape index (κ2) is 6.10. The summed E-state index contributed by atoms with van der Waals surface area (Å²) < 4.78 is 18.0. The largest absolute Gasteiger partial charge is 0.465 e. The molecule has 1 aromatic carbocycles. The molecule has 3 aromatic rings. The van der Waals surface area contributed by atoms with Gasteiger partial charge in [-0.1, -0.05) is 11.6 Å². The van der Waals surface area contributed by atoms with Crippen LogP contribution in [0.4, 0.5) is 15.9 Å². The number of esters is 1. The first-order valence-electron chi connectivity index (χ1n) is 6.55. The predicted molar refractivity (Wildman–Crippen MR) is 88.2 cm³/mol. The molecule has 3 rings (SSSR count). The number of hydrogen-bond donors (Lipinski definition) is 1. The zero-order chi connectivity index (χ0) is 16.6. The van der Waals surface area contributed by atoms with E-state index < -0.39 is 11.8 Å². The molecule has 5 nitrogen and oxygen atoms in total. The Balaban J connectivity index is 2.08. The Hall–Kier alpha value is -2.25. The smallest absolute Gasteiger partial charge is 0.348 e. The Morgan fingerprint density at radius 2 is 2.17 bits per heavy atom. The Bertz CT molecular complexity index is 913. The third-order valence-corrected chi connectivity index (χ3v) is 4.75. The van der Waals surface area contributed by atoms with Gasteiger partial charge in [-0.15, -0.1) is 11.3 Å². The first-order valence-corrected chi connectivity index (χ1v) is 7.75. The maximum Gasteiger partial charge on any atom is 0.348 e. The molecule has 0 bridgehead atoms. The highest BCUT2D eigenvalue weighted by molar-refractivity contribution is 7.20. The number of nitrogens with one attached hydrogen (secondary N) is 1. The number of rotatable bonds is 3. The van der Waals surface area contributed by atoms with Gasteiger partial charge in [-0.2, -0.15) is 0 Å². The van der Waals surface area contributed by atoms with Gasteiger partial charge in [-0.05, 0) is 30.7 Å². The van der Waals surface area contributed by atoms with Crippen LogP contribution >= 0.6 is 22.9 Å². The van der Waals surface area contributed by atoms with Crippen molar-refractivity contribution in [2.45, 2.75) is 6.92 Å². The fourth-order valence-corrected chi connectivity index (χ4v) is 3.41. The van der Waals surface area contributed by atoms with Gasteiger partial charge in [-0.3, -0.25) is 0 Å². The predicted octanol–water partition coefficient (Wildman–Crippen LogP) is 4.32. The maximum atomic E-state index is 13.3. The number of halogens is 2. The molecule has 0 atom stereocenters. The summed E-state index contributed by atoms with van der Waals surface area (Å²) in [4.78, 5) is 21.3. The highest BCUT2D eigenvalue weighted by Crippen LogP contribution is 2.35. The van der Waals surface area contributed by atoms with Gasteiger partial charge in [0.05, 0.1) is 17.5 Å². The number of carbonyl (C=O) groups is 1. The highest BCUT2D eigenvalue weighted by Gasteiger charge is 2.19. The van der Waals surface area contributed by atoms with Crippen LogP contribution in [-0.2, 0) is 4.74 Å². The second-order valence-corrected chi connectivity index (χ2v) is 6.11. The van der Waals surface area contributed by atoms with Crippen LogP contribution in [-0.4, -0.2) is 23.0 Å². The van der Waals surface area contributed by atoms with E-state index in [-0.39, 0.29) is 5.02 Å². The van der Waals surface area contributed by atoms with Gasteiger partial charge in [0, 0.05) is 5.69 Å². The molecule has 0 aliphatic carbocycles. The van der Waals surface area contributed by atoms with E-state index in [1.165, 1.54) is 36.9 Å². The van der Waals surface area contributed by atoms with Crippen molar-refractivity contribution in [1.82, 2.24) is 9.97 Å². The fraction of sp³-hybridized carbons (Fsp3) is 0.133. The minimum absolute atomic E-state index is 0.0117. The Morgan fingerprint density at radius 3 is 2.87 bits per heavy atom. The first kappa shape index (κ1) is 15.6. The van der Waals surface area contributed by atoms with Crippen LogP contribution in [0, 0.1) is 12.7 Å². The molecule has 0 aliphatic rings. The summed E-state index contributed by atoms with van der Waals surface area (Å²) in [5.41, 5.74) is 1.31. The van der Waals surface area contributed by atoms with Gasteiger partial charge in [0.1, 0.15) is 27.7 Å². The molecule has 0 spiro atoms. The van der Waals surface area contributed by atoms with Gasteiger partial charge in [-0.25, -0.2) is 19.2 Å². The molecule has 0 aliphatic heterocycles. The fourth-order valence-electron chi connectivity index (χ4n) is 2.16. The summed E-state index contributed by atoms with van der Waals surface area (Å²) in [7, 11) is 1.33. The number of hydrogen-bond acceptors (Lipinski definition) is 6. The van der Waals surface area contributed by atoms with E-state index in [1.807, 2.05) is 0 Å². The van der Waals surface area contributed by atoms with Crippen LogP contribution in [0.5, 0.6) is 0 Å². The van der Waals surface area contributed by atoms with E-state index in [1.54, 1.807) is 13.0 Å². The van der Waals surface area contributed by atoms with Crippen molar-refractivity contribution in [2.24, 2.45) is 0 Å². The standard InChI is InChI=1S/C15H11ClFN3O2S/c1-7-11-13(20-8-3-4-10(17)9(16)5-8)18-6-19-14(11)23-12(7)15(21)22-2/h3-6H,1-2H3,(H,18,19,20). The van der Waals surface area contributed by atoms with Gasteiger partial charge >= 0.3 is 5.97 Å². The van der Waals surface area contributed by atoms with Crippen LogP contribution in [0.3, 0.4) is 0 Å². The molecule has 8 heteroatoms. The monoisotopic (exact) mass is 351 g/mol.